The molecular formula is C30H53N3O5. The van der Waals surface area contributed by atoms with Gasteiger partial charge in [-0.25, -0.2) is 4.79 Å². The van der Waals surface area contributed by atoms with Gasteiger partial charge in [-0.15, -0.1) is 0 Å². The fourth-order valence-electron chi connectivity index (χ4n) is 9.47. The van der Waals surface area contributed by atoms with E-state index < -0.39 is 23.7 Å². The molecule has 4 aliphatic rings. The van der Waals surface area contributed by atoms with Gasteiger partial charge in [0.2, 0.25) is 0 Å². The number of ether oxygens (including phenoxy) is 1. The van der Waals surface area contributed by atoms with Gasteiger partial charge in [-0.1, -0.05) is 27.7 Å². The van der Waals surface area contributed by atoms with E-state index in [0.29, 0.717) is 30.7 Å². The lowest BCUT2D eigenvalue weighted by molar-refractivity contribution is -0.157. The molecule has 4 saturated carbocycles. The molecule has 0 saturated heterocycles. The number of carbonyl (C=O) groups is 2. The molecule has 4 rings (SSSR count). The molecule has 0 aromatic rings. The van der Waals surface area contributed by atoms with Gasteiger partial charge in [0.15, 0.2) is 0 Å². The molecule has 8 heteroatoms. The Hall–Kier alpha value is -1.38. The normalized spacial score (nSPS) is 41.1. The van der Waals surface area contributed by atoms with Crippen LogP contribution < -0.4 is 11.1 Å². The van der Waals surface area contributed by atoms with E-state index in [-0.39, 0.29) is 29.4 Å². The second-order valence-electron chi connectivity index (χ2n) is 13.6. The predicted molar refractivity (Wildman–Crippen MR) is 148 cm³/mol. The number of nitrogens with one attached hydrogen (secondary N) is 1. The number of aliphatic carboxylic acids is 1. The summed E-state index contributed by atoms with van der Waals surface area (Å²) in [5, 5.41) is 23.1. The number of alkyl carbamates (subject to hydrolysis) is 1. The van der Waals surface area contributed by atoms with Crippen molar-refractivity contribution >= 4 is 12.1 Å². The van der Waals surface area contributed by atoms with Gasteiger partial charge < -0.3 is 30.9 Å². The molecule has 0 spiro atoms. The van der Waals surface area contributed by atoms with Gasteiger partial charge in [0.25, 0.3) is 0 Å². The van der Waals surface area contributed by atoms with Crippen LogP contribution in [0.2, 0.25) is 0 Å². The van der Waals surface area contributed by atoms with Crippen molar-refractivity contribution in [2.24, 2.45) is 40.2 Å². The molecule has 0 heterocycles. The number of nitrogens with zero attached hydrogens (tertiary/aromatic N) is 1. The molecule has 8 nitrogen and oxygen atoms in total. The number of hydrogen-bond acceptors (Lipinski definition) is 6. The van der Waals surface area contributed by atoms with E-state index in [9.17, 15) is 19.8 Å². The van der Waals surface area contributed by atoms with E-state index >= 15 is 0 Å². The summed E-state index contributed by atoms with van der Waals surface area (Å²) in [6, 6.07) is 0. The number of nitrogens with two attached hydrogens (primary N) is 1. The molecule has 1 amide bonds. The van der Waals surface area contributed by atoms with Crippen LogP contribution in [0.5, 0.6) is 0 Å². The van der Waals surface area contributed by atoms with Gasteiger partial charge in [-0.2, -0.15) is 0 Å². The average Bonchev–Trinajstić information content (AvgIpc) is 3.14. The van der Waals surface area contributed by atoms with Crippen LogP contribution in [0.3, 0.4) is 0 Å². The summed E-state index contributed by atoms with van der Waals surface area (Å²) in [6.45, 7) is 11.5. The quantitative estimate of drug-likeness (QED) is 0.327. The Morgan fingerprint density at radius 3 is 2.39 bits per heavy atom. The largest absolute Gasteiger partial charge is 0.481 e. The van der Waals surface area contributed by atoms with Crippen molar-refractivity contribution in [2.45, 2.75) is 116 Å². The molecule has 0 bridgehead atoms. The number of hydrogen-bond donors (Lipinski definition) is 4. The first-order valence-electron chi connectivity index (χ1n) is 15.3. The number of carboxylic acids is 1. The SMILES string of the molecule is CCCN(CCC)CC(O)CNC(=O)OC1CC[C@@]2(C)C(CC[C@@H]3[C@H]2CC[C@]2(C)C(C(=O)O)CC[C@@]32N)C1. The maximum atomic E-state index is 12.6. The van der Waals surface area contributed by atoms with Crippen molar-refractivity contribution in [2.75, 3.05) is 26.2 Å². The van der Waals surface area contributed by atoms with Crippen LogP contribution in [0.1, 0.15) is 98.3 Å². The molecule has 0 aromatic carbocycles. The maximum Gasteiger partial charge on any atom is 0.407 e. The third kappa shape index (κ3) is 5.34. The molecule has 38 heavy (non-hydrogen) atoms. The molecule has 5 N–H and O–H groups in total. The monoisotopic (exact) mass is 535 g/mol. The van der Waals surface area contributed by atoms with Crippen molar-refractivity contribution in [3.05, 3.63) is 0 Å². The van der Waals surface area contributed by atoms with E-state index in [1.807, 2.05) is 0 Å². The summed E-state index contributed by atoms with van der Waals surface area (Å²) in [7, 11) is 0. The van der Waals surface area contributed by atoms with Crippen molar-refractivity contribution < 1.29 is 24.5 Å². The van der Waals surface area contributed by atoms with E-state index in [0.717, 1.165) is 77.3 Å². The highest BCUT2D eigenvalue weighted by atomic mass is 16.6. The average molecular weight is 536 g/mol. The first-order chi connectivity index (χ1) is 18.0. The van der Waals surface area contributed by atoms with Crippen molar-refractivity contribution in [1.82, 2.24) is 10.2 Å². The summed E-state index contributed by atoms with van der Waals surface area (Å²) in [4.78, 5) is 26.9. The zero-order valence-electron chi connectivity index (χ0n) is 24.2. The van der Waals surface area contributed by atoms with Crippen LogP contribution in [0.25, 0.3) is 0 Å². The lowest BCUT2D eigenvalue weighted by Gasteiger charge is -2.64. The lowest BCUT2D eigenvalue weighted by Crippen LogP contribution is -2.66. The Labute approximate surface area is 229 Å². The van der Waals surface area contributed by atoms with Crippen molar-refractivity contribution in [3.8, 4) is 0 Å². The van der Waals surface area contributed by atoms with Crippen molar-refractivity contribution in [3.63, 3.8) is 0 Å². The molecule has 0 aliphatic heterocycles. The van der Waals surface area contributed by atoms with E-state index in [4.69, 9.17) is 10.5 Å². The van der Waals surface area contributed by atoms with Crippen LogP contribution in [0.4, 0.5) is 4.79 Å². The van der Waals surface area contributed by atoms with Crippen LogP contribution in [-0.4, -0.2) is 71.1 Å². The summed E-state index contributed by atoms with van der Waals surface area (Å²) in [6.07, 6.45) is 9.25. The van der Waals surface area contributed by atoms with Gasteiger partial charge in [0, 0.05) is 18.6 Å². The topological polar surface area (TPSA) is 125 Å². The van der Waals surface area contributed by atoms with Gasteiger partial charge in [-0.05, 0) is 112 Å². The predicted octanol–water partition coefficient (Wildman–Crippen LogP) is 4.39. The molecule has 0 radical (unpaired) electrons. The summed E-state index contributed by atoms with van der Waals surface area (Å²) < 4.78 is 5.85. The fourth-order valence-corrected chi connectivity index (χ4v) is 9.47. The third-order valence-corrected chi connectivity index (χ3v) is 11.6. The Bertz CT molecular complexity index is 850. The van der Waals surface area contributed by atoms with E-state index in [1.165, 1.54) is 0 Å². The minimum atomic E-state index is -0.680. The molecule has 218 valence electrons. The summed E-state index contributed by atoms with van der Waals surface area (Å²) >= 11 is 0. The van der Waals surface area contributed by atoms with Crippen LogP contribution in [0, 0.1) is 34.5 Å². The highest BCUT2D eigenvalue weighted by molar-refractivity contribution is 5.72. The molecule has 0 aromatic heterocycles. The molecule has 9 atom stereocenters. The number of fused-ring (bicyclic) bond motifs is 5. The Morgan fingerprint density at radius 1 is 1.03 bits per heavy atom. The number of amides is 1. The highest BCUT2D eigenvalue weighted by Crippen LogP contribution is 2.68. The molecule has 4 unspecified atom stereocenters. The molecular weight excluding hydrogens is 482 g/mol. The van der Waals surface area contributed by atoms with Gasteiger partial charge in [0.1, 0.15) is 6.10 Å². The number of carbonyl (C=O) groups excluding carboxylic acids is 1. The zero-order valence-corrected chi connectivity index (χ0v) is 24.2. The van der Waals surface area contributed by atoms with Crippen molar-refractivity contribution in [1.29, 1.82) is 0 Å². The highest BCUT2D eigenvalue weighted by Gasteiger charge is 2.67. The lowest BCUT2D eigenvalue weighted by atomic mass is 9.42. The van der Waals surface area contributed by atoms with Crippen LogP contribution in [-0.2, 0) is 9.53 Å². The third-order valence-electron chi connectivity index (χ3n) is 11.6. The fraction of sp³-hybridized carbons (Fsp3) is 0.933. The zero-order chi connectivity index (χ0) is 27.7. The van der Waals surface area contributed by atoms with Gasteiger partial charge in [0.05, 0.1) is 12.0 Å². The van der Waals surface area contributed by atoms with Gasteiger partial charge in [-0.3, -0.25) is 4.79 Å². The van der Waals surface area contributed by atoms with Gasteiger partial charge >= 0.3 is 12.1 Å². The van der Waals surface area contributed by atoms with Crippen LogP contribution in [0.15, 0.2) is 0 Å². The number of aliphatic hydroxyl groups is 1. The smallest absolute Gasteiger partial charge is 0.407 e. The standard InChI is InChI=1S/C30H53N3O5/c1-5-15-33(16-6-2)19-21(34)18-32-27(37)38-22-9-12-28(3)20(17-22)7-8-24-23(28)10-13-29(4)25(26(35)36)11-14-30(24,29)31/h20-25,34H,5-19,31H2,1-4H3,(H,32,37)(H,35,36)/t20?,21?,22?,23-,24-,25?,28+,29-,30-/m1/s1. The first-order valence-corrected chi connectivity index (χ1v) is 15.3. The van der Waals surface area contributed by atoms with Crippen LogP contribution >= 0.6 is 0 Å². The molecule has 4 fully saturated rings. The first kappa shape index (κ1) is 29.6. The summed E-state index contributed by atoms with van der Waals surface area (Å²) in [5.41, 5.74) is 6.65. The second-order valence-corrected chi connectivity index (χ2v) is 13.6. The Morgan fingerprint density at radius 2 is 1.74 bits per heavy atom. The number of carboxylic acid groups (broad SMARTS) is 1. The maximum absolute atomic E-state index is 12.6. The summed E-state index contributed by atoms with van der Waals surface area (Å²) in [5.74, 6) is 0.351. The second kappa shape index (κ2) is 11.6. The molecule has 4 aliphatic carbocycles. The van der Waals surface area contributed by atoms with E-state index in [1.54, 1.807) is 0 Å². The van der Waals surface area contributed by atoms with E-state index in [2.05, 4.69) is 37.9 Å². The number of aliphatic hydroxyl groups excluding tert-OH is 1. The number of rotatable bonds is 10. The minimum Gasteiger partial charge on any atom is -0.481 e. The Balaban J connectivity index is 1.31. The Kier molecular flexibility index (Phi) is 9.05. The minimum absolute atomic E-state index is 0.0954.